The molecule has 1 amide bonds. The largest absolute Gasteiger partial charge is 0.326 e. The van der Waals surface area contributed by atoms with E-state index in [-0.39, 0.29) is 18.9 Å². The summed E-state index contributed by atoms with van der Waals surface area (Å²) in [7, 11) is -3.40. The number of nitrogens with zero attached hydrogens (tertiary/aromatic N) is 1. The molecule has 0 aliphatic carbocycles. The predicted molar refractivity (Wildman–Crippen MR) is 106 cm³/mol. The van der Waals surface area contributed by atoms with Crippen molar-refractivity contribution in [2.75, 3.05) is 24.7 Å². The van der Waals surface area contributed by atoms with Crippen LogP contribution >= 0.6 is 11.6 Å². The van der Waals surface area contributed by atoms with Gasteiger partial charge in [0.2, 0.25) is 15.9 Å². The first-order valence-corrected chi connectivity index (χ1v) is 10.5. The molecule has 0 atom stereocenters. The first-order chi connectivity index (χ1) is 12.2. The van der Waals surface area contributed by atoms with Crippen molar-refractivity contribution < 1.29 is 13.2 Å². The van der Waals surface area contributed by atoms with Gasteiger partial charge in [0.1, 0.15) is 0 Å². The van der Waals surface area contributed by atoms with Crippen LogP contribution in [0.5, 0.6) is 0 Å². The van der Waals surface area contributed by atoms with Gasteiger partial charge in [0.25, 0.3) is 0 Å². The van der Waals surface area contributed by atoms with Crippen LogP contribution in [0.2, 0.25) is 5.02 Å². The summed E-state index contributed by atoms with van der Waals surface area (Å²) >= 11 is 5.96. The molecular weight excluding hydrogens is 372 g/mol. The van der Waals surface area contributed by atoms with E-state index in [4.69, 9.17) is 11.6 Å². The summed E-state index contributed by atoms with van der Waals surface area (Å²) in [6.07, 6.45) is 1.78. The minimum Gasteiger partial charge on any atom is -0.326 e. The second kappa shape index (κ2) is 9.16. The SMILES string of the molecule is Cc1cccc(NC(=O)CCN(CCc2cccc(Cl)c2)S(C)(=O)=O)c1. The lowest BCUT2D eigenvalue weighted by atomic mass is 10.1. The maximum Gasteiger partial charge on any atom is 0.225 e. The lowest BCUT2D eigenvalue weighted by Gasteiger charge is -2.19. The van der Waals surface area contributed by atoms with E-state index in [1.165, 1.54) is 4.31 Å². The topological polar surface area (TPSA) is 66.5 Å². The van der Waals surface area contributed by atoms with Gasteiger partial charge < -0.3 is 5.32 Å². The quantitative estimate of drug-likeness (QED) is 0.745. The van der Waals surface area contributed by atoms with Gasteiger partial charge in [0.05, 0.1) is 6.26 Å². The molecule has 5 nitrogen and oxygen atoms in total. The number of carbonyl (C=O) groups is 1. The van der Waals surface area contributed by atoms with Crippen LogP contribution in [-0.2, 0) is 21.2 Å². The normalized spacial score (nSPS) is 11.5. The van der Waals surface area contributed by atoms with Crippen molar-refractivity contribution in [2.24, 2.45) is 0 Å². The molecule has 0 aliphatic heterocycles. The fourth-order valence-corrected chi connectivity index (χ4v) is 3.62. The van der Waals surface area contributed by atoms with Gasteiger partial charge in [-0.2, -0.15) is 0 Å². The van der Waals surface area contributed by atoms with Crippen LogP contribution < -0.4 is 5.32 Å². The molecule has 0 heterocycles. The zero-order chi connectivity index (χ0) is 19.2. The Bertz CT molecular complexity index is 869. The van der Waals surface area contributed by atoms with Gasteiger partial charge in [-0.15, -0.1) is 0 Å². The van der Waals surface area contributed by atoms with Gasteiger partial charge in [-0.3, -0.25) is 4.79 Å². The van der Waals surface area contributed by atoms with Crippen molar-refractivity contribution in [3.8, 4) is 0 Å². The third-order valence-electron chi connectivity index (χ3n) is 3.90. The van der Waals surface area contributed by atoms with Gasteiger partial charge in [-0.05, 0) is 48.7 Å². The van der Waals surface area contributed by atoms with E-state index in [9.17, 15) is 13.2 Å². The van der Waals surface area contributed by atoms with E-state index in [0.717, 1.165) is 17.4 Å². The Balaban J connectivity index is 1.92. The number of hydrogen-bond donors (Lipinski definition) is 1. The van der Waals surface area contributed by atoms with Crippen molar-refractivity contribution in [3.63, 3.8) is 0 Å². The van der Waals surface area contributed by atoms with Crippen LogP contribution in [0.25, 0.3) is 0 Å². The summed E-state index contributed by atoms with van der Waals surface area (Å²) in [6.45, 7) is 2.38. The molecule has 0 saturated carbocycles. The van der Waals surface area contributed by atoms with Gasteiger partial charge >= 0.3 is 0 Å². The van der Waals surface area contributed by atoms with Crippen LogP contribution in [0.15, 0.2) is 48.5 Å². The van der Waals surface area contributed by atoms with Crippen molar-refractivity contribution in [3.05, 3.63) is 64.7 Å². The average molecular weight is 395 g/mol. The zero-order valence-electron chi connectivity index (χ0n) is 14.9. The van der Waals surface area contributed by atoms with Crippen molar-refractivity contribution >= 4 is 33.2 Å². The Kier molecular flexibility index (Phi) is 7.20. The Morgan fingerprint density at radius 1 is 1.12 bits per heavy atom. The standard InChI is InChI=1S/C19H23ClN2O3S/c1-15-5-3-8-18(13-15)21-19(23)10-12-22(26(2,24)25)11-9-16-6-4-7-17(20)14-16/h3-8,13-14H,9-12H2,1-2H3,(H,21,23). The van der Waals surface area contributed by atoms with Crippen molar-refractivity contribution in [2.45, 2.75) is 19.8 Å². The van der Waals surface area contributed by atoms with Crippen LogP contribution in [0.3, 0.4) is 0 Å². The number of rotatable bonds is 8. The van der Waals surface area contributed by atoms with E-state index in [1.807, 2.05) is 43.3 Å². The number of nitrogens with one attached hydrogen (secondary N) is 1. The van der Waals surface area contributed by atoms with E-state index in [1.54, 1.807) is 12.1 Å². The Hall–Kier alpha value is -1.89. The average Bonchev–Trinajstić information content (AvgIpc) is 2.53. The van der Waals surface area contributed by atoms with Crippen molar-refractivity contribution in [1.29, 1.82) is 0 Å². The highest BCUT2D eigenvalue weighted by Gasteiger charge is 2.18. The second-order valence-electron chi connectivity index (χ2n) is 6.21. The number of halogens is 1. The number of anilines is 1. The van der Waals surface area contributed by atoms with Crippen LogP contribution in [0.4, 0.5) is 5.69 Å². The first kappa shape index (κ1) is 20.4. The number of aryl methyl sites for hydroxylation is 1. The molecule has 0 bridgehead atoms. The summed E-state index contributed by atoms with van der Waals surface area (Å²) in [6, 6.07) is 14.8. The summed E-state index contributed by atoms with van der Waals surface area (Å²) in [5, 5.41) is 3.41. The maximum absolute atomic E-state index is 12.1. The molecule has 0 spiro atoms. The lowest BCUT2D eigenvalue weighted by Crippen LogP contribution is -2.34. The molecule has 7 heteroatoms. The Labute approximate surface area is 160 Å². The number of hydrogen-bond acceptors (Lipinski definition) is 3. The minimum absolute atomic E-state index is 0.0938. The molecule has 0 radical (unpaired) electrons. The third kappa shape index (κ3) is 6.78. The number of carbonyl (C=O) groups excluding carboxylic acids is 1. The molecule has 0 aromatic heterocycles. The Morgan fingerprint density at radius 2 is 1.85 bits per heavy atom. The summed E-state index contributed by atoms with van der Waals surface area (Å²) < 4.78 is 25.3. The van der Waals surface area contributed by atoms with E-state index < -0.39 is 10.0 Å². The fourth-order valence-electron chi connectivity index (χ4n) is 2.56. The smallest absolute Gasteiger partial charge is 0.225 e. The minimum atomic E-state index is -3.40. The van der Waals surface area contributed by atoms with Gasteiger partial charge in [-0.1, -0.05) is 35.9 Å². The van der Waals surface area contributed by atoms with Crippen LogP contribution in [0.1, 0.15) is 17.5 Å². The monoisotopic (exact) mass is 394 g/mol. The third-order valence-corrected chi connectivity index (χ3v) is 5.44. The highest BCUT2D eigenvalue weighted by Crippen LogP contribution is 2.13. The molecule has 1 N–H and O–H groups in total. The van der Waals surface area contributed by atoms with Gasteiger partial charge in [0.15, 0.2) is 0 Å². The first-order valence-electron chi connectivity index (χ1n) is 8.30. The predicted octanol–water partition coefficient (Wildman–Crippen LogP) is 3.48. The molecule has 2 aromatic rings. The van der Waals surface area contributed by atoms with Crippen LogP contribution in [-0.4, -0.2) is 38.0 Å². The molecule has 0 unspecified atom stereocenters. The molecule has 2 rings (SSSR count). The maximum atomic E-state index is 12.1. The molecule has 0 aliphatic rings. The molecule has 140 valence electrons. The van der Waals surface area contributed by atoms with Gasteiger partial charge in [-0.25, -0.2) is 12.7 Å². The molecule has 2 aromatic carbocycles. The van der Waals surface area contributed by atoms with E-state index in [0.29, 0.717) is 23.7 Å². The zero-order valence-corrected chi connectivity index (χ0v) is 16.5. The van der Waals surface area contributed by atoms with Crippen LogP contribution in [0, 0.1) is 6.92 Å². The highest BCUT2D eigenvalue weighted by molar-refractivity contribution is 7.88. The number of sulfonamides is 1. The summed E-state index contributed by atoms with van der Waals surface area (Å²) in [5.74, 6) is -0.216. The Morgan fingerprint density at radius 3 is 2.50 bits per heavy atom. The molecule has 0 fully saturated rings. The highest BCUT2D eigenvalue weighted by atomic mass is 35.5. The number of amides is 1. The molecule has 26 heavy (non-hydrogen) atoms. The van der Waals surface area contributed by atoms with Gasteiger partial charge in [0, 0.05) is 30.2 Å². The second-order valence-corrected chi connectivity index (χ2v) is 8.63. The molecular formula is C19H23ClN2O3S. The molecule has 0 saturated heterocycles. The van der Waals surface area contributed by atoms with E-state index in [2.05, 4.69) is 5.32 Å². The van der Waals surface area contributed by atoms with Crippen molar-refractivity contribution in [1.82, 2.24) is 4.31 Å². The fraction of sp³-hybridized carbons (Fsp3) is 0.316. The summed E-state index contributed by atoms with van der Waals surface area (Å²) in [4.78, 5) is 12.1. The van der Waals surface area contributed by atoms with E-state index >= 15 is 0 Å². The number of benzene rings is 2. The summed E-state index contributed by atoms with van der Waals surface area (Å²) in [5.41, 5.74) is 2.71. The lowest BCUT2D eigenvalue weighted by molar-refractivity contribution is -0.116.